The fourth-order valence-corrected chi connectivity index (χ4v) is 2.41. The number of ether oxygens (including phenoxy) is 2. The normalized spacial score (nSPS) is 26.8. The largest absolute Gasteiger partial charge is 0.471 e. The first kappa shape index (κ1) is 19.2. The molecule has 4 atom stereocenters. The van der Waals surface area contributed by atoms with E-state index in [0.29, 0.717) is 0 Å². The highest BCUT2D eigenvalue weighted by Crippen LogP contribution is 2.24. The van der Waals surface area contributed by atoms with Gasteiger partial charge >= 0.3 is 18.1 Å². The molecule has 138 valence electrons. The molecule has 0 unspecified atom stereocenters. The molecule has 25 heavy (non-hydrogen) atoms. The molecule has 0 spiro atoms. The van der Waals surface area contributed by atoms with Crippen LogP contribution in [0.15, 0.2) is 30.3 Å². The van der Waals surface area contributed by atoms with Crippen molar-refractivity contribution in [3.63, 3.8) is 0 Å². The monoisotopic (exact) mass is 363 g/mol. The Labute approximate surface area is 140 Å². The summed E-state index contributed by atoms with van der Waals surface area (Å²) < 4.78 is 47.5. The van der Waals surface area contributed by atoms with Crippen LogP contribution < -0.4 is 5.32 Å². The average Bonchev–Trinajstić information content (AvgIpc) is 2.56. The molecule has 1 aromatic carbocycles. The predicted octanol–water partition coefficient (Wildman–Crippen LogP) is 0.359. The van der Waals surface area contributed by atoms with Gasteiger partial charge in [-0.1, -0.05) is 18.2 Å². The van der Waals surface area contributed by atoms with E-state index in [-0.39, 0.29) is 5.56 Å². The van der Waals surface area contributed by atoms with Crippen LogP contribution in [0.4, 0.5) is 13.2 Å². The quantitative estimate of drug-likeness (QED) is 0.667. The van der Waals surface area contributed by atoms with Gasteiger partial charge in [-0.3, -0.25) is 4.79 Å². The van der Waals surface area contributed by atoms with Gasteiger partial charge in [0.1, 0.15) is 6.10 Å². The van der Waals surface area contributed by atoms with Crippen molar-refractivity contribution in [3.05, 3.63) is 35.9 Å². The van der Waals surface area contributed by atoms with E-state index in [1.54, 1.807) is 23.5 Å². The number of benzene rings is 1. The van der Waals surface area contributed by atoms with Crippen molar-refractivity contribution in [3.8, 4) is 0 Å². The van der Waals surface area contributed by atoms with Gasteiger partial charge in [0.05, 0.1) is 18.2 Å². The lowest BCUT2D eigenvalue weighted by Crippen LogP contribution is -2.59. The third-order valence-corrected chi connectivity index (χ3v) is 3.56. The minimum Gasteiger partial charge on any atom is -0.454 e. The van der Waals surface area contributed by atoms with Gasteiger partial charge in [-0.05, 0) is 12.1 Å². The molecule has 1 aliphatic rings. The maximum Gasteiger partial charge on any atom is 0.471 e. The van der Waals surface area contributed by atoms with E-state index < -0.39 is 55.6 Å². The fraction of sp³-hybridized carbons (Fsp3) is 0.467. The van der Waals surface area contributed by atoms with Crippen LogP contribution in [0.25, 0.3) is 0 Å². The van der Waals surface area contributed by atoms with E-state index >= 15 is 0 Å². The first-order chi connectivity index (χ1) is 11.7. The number of rotatable bonds is 4. The van der Waals surface area contributed by atoms with Gasteiger partial charge in [0.15, 0.2) is 12.4 Å². The van der Waals surface area contributed by atoms with Gasteiger partial charge in [-0.15, -0.1) is 0 Å². The Morgan fingerprint density at radius 1 is 1.28 bits per heavy atom. The summed E-state index contributed by atoms with van der Waals surface area (Å²) in [6.07, 6.45) is -9.82. The Hall–Kier alpha value is -2.17. The molecule has 1 aromatic rings. The summed E-state index contributed by atoms with van der Waals surface area (Å²) in [7, 11) is 0. The molecule has 0 bridgehead atoms. The molecule has 0 aliphatic carbocycles. The molecule has 1 saturated heterocycles. The first-order valence-corrected chi connectivity index (χ1v) is 7.30. The van der Waals surface area contributed by atoms with Gasteiger partial charge in [0.2, 0.25) is 0 Å². The van der Waals surface area contributed by atoms with Crippen molar-refractivity contribution in [2.75, 3.05) is 6.61 Å². The molecule has 0 saturated carbocycles. The lowest BCUT2D eigenvalue weighted by atomic mass is 9.98. The zero-order valence-electron chi connectivity index (χ0n) is 12.8. The Bertz CT molecular complexity index is 609. The molecule has 1 heterocycles. The van der Waals surface area contributed by atoms with Crippen molar-refractivity contribution in [1.29, 1.82) is 0 Å². The second-order valence-electron chi connectivity index (χ2n) is 5.36. The summed E-state index contributed by atoms with van der Waals surface area (Å²) in [6.45, 7) is -0.734. The third kappa shape index (κ3) is 4.91. The minimum absolute atomic E-state index is 0.131. The number of nitrogens with one attached hydrogen (secondary N) is 1. The Kier molecular flexibility index (Phi) is 5.98. The average molecular weight is 363 g/mol. The topological polar surface area (TPSA) is 105 Å². The number of alkyl halides is 3. The Morgan fingerprint density at radius 3 is 2.48 bits per heavy atom. The second-order valence-corrected chi connectivity index (χ2v) is 5.36. The number of aliphatic hydroxyl groups excluding tert-OH is 2. The van der Waals surface area contributed by atoms with Crippen molar-refractivity contribution in [2.24, 2.45) is 0 Å². The molecule has 3 N–H and O–H groups in total. The van der Waals surface area contributed by atoms with Crippen LogP contribution in [-0.4, -0.2) is 59.4 Å². The molecule has 1 aliphatic heterocycles. The minimum atomic E-state index is -5.15. The van der Waals surface area contributed by atoms with Gasteiger partial charge in [0.25, 0.3) is 0 Å². The standard InChI is InChI=1S/C15H16F3NO6/c16-15(17,18)14(23)19-9-6-11(21)24-10(7-20)12(9)25-13(22)8-4-2-1-3-5-8/h1-5,9-12,20-21H,6-7H2,(H,19,23)/t9-,10+,11-,12-/m0/s1. The van der Waals surface area contributed by atoms with E-state index in [4.69, 9.17) is 9.47 Å². The second kappa shape index (κ2) is 7.81. The highest BCUT2D eigenvalue weighted by atomic mass is 19.4. The number of hydrogen-bond acceptors (Lipinski definition) is 6. The maximum absolute atomic E-state index is 12.5. The number of aliphatic hydroxyl groups is 2. The number of carbonyl (C=O) groups excluding carboxylic acids is 2. The molecular formula is C15H16F3NO6. The highest BCUT2D eigenvalue weighted by molar-refractivity contribution is 5.89. The van der Waals surface area contributed by atoms with Crippen LogP contribution in [0.5, 0.6) is 0 Å². The van der Waals surface area contributed by atoms with Crippen molar-refractivity contribution >= 4 is 11.9 Å². The fourth-order valence-electron chi connectivity index (χ4n) is 2.41. The predicted molar refractivity (Wildman–Crippen MR) is 76.2 cm³/mol. The van der Waals surface area contributed by atoms with Crippen LogP contribution in [0.2, 0.25) is 0 Å². The Morgan fingerprint density at radius 2 is 1.92 bits per heavy atom. The molecule has 7 nitrogen and oxygen atoms in total. The van der Waals surface area contributed by atoms with Crippen molar-refractivity contribution in [2.45, 2.75) is 37.1 Å². The molecule has 1 amide bonds. The van der Waals surface area contributed by atoms with Crippen LogP contribution >= 0.6 is 0 Å². The number of esters is 1. The third-order valence-electron chi connectivity index (χ3n) is 3.56. The van der Waals surface area contributed by atoms with Crippen LogP contribution in [0, 0.1) is 0 Å². The van der Waals surface area contributed by atoms with E-state index in [2.05, 4.69) is 0 Å². The molecule has 1 fully saturated rings. The summed E-state index contributed by atoms with van der Waals surface area (Å²) in [5, 5.41) is 20.5. The molecule has 10 heteroatoms. The molecule has 0 aromatic heterocycles. The summed E-state index contributed by atoms with van der Waals surface area (Å²) in [5.74, 6) is -3.11. The lowest BCUT2D eigenvalue weighted by Gasteiger charge is -2.39. The lowest BCUT2D eigenvalue weighted by molar-refractivity contribution is -0.220. The maximum atomic E-state index is 12.5. The summed E-state index contributed by atoms with van der Waals surface area (Å²) in [6, 6.07) is 6.24. The van der Waals surface area contributed by atoms with Crippen LogP contribution in [-0.2, 0) is 14.3 Å². The van der Waals surface area contributed by atoms with E-state index in [1.807, 2.05) is 0 Å². The number of halogens is 3. The van der Waals surface area contributed by atoms with E-state index in [9.17, 15) is 33.0 Å². The van der Waals surface area contributed by atoms with Gasteiger partial charge < -0.3 is 25.0 Å². The zero-order valence-corrected chi connectivity index (χ0v) is 12.8. The highest BCUT2D eigenvalue weighted by Gasteiger charge is 2.46. The van der Waals surface area contributed by atoms with Crippen LogP contribution in [0.3, 0.4) is 0 Å². The molecule has 0 radical (unpaired) electrons. The van der Waals surface area contributed by atoms with Gasteiger partial charge in [0, 0.05) is 6.42 Å². The number of hydrogen-bond donors (Lipinski definition) is 3. The van der Waals surface area contributed by atoms with Crippen molar-refractivity contribution in [1.82, 2.24) is 5.32 Å². The zero-order chi connectivity index (χ0) is 18.6. The Balaban J connectivity index is 2.18. The van der Waals surface area contributed by atoms with Gasteiger partial charge in [-0.25, -0.2) is 4.79 Å². The van der Waals surface area contributed by atoms with Crippen LogP contribution in [0.1, 0.15) is 16.8 Å². The SMILES string of the molecule is O=C(O[C@H]1[C@@H](NC(=O)C(F)(F)F)C[C@@H](O)O[C@@H]1CO)c1ccccc1. The smallest absolute Gasteiger partial charge is 0.454 e. The van der Waals surface area contributed by atoms with E-state index in [0.717, 1.165) is 0 Å². The molecular weight excluding hydrogens is 347 g/mol. The number of amides is 1. The summed E-state index contributed by atoms with van der Waals surface area (Å²) in [5.41, 5.74) is 0.131. The summed E-state index contributed by atoms with van der Waals surface area (Å²) >= 11 is 0. The van der Waals surface area contributed by atoms with E-state index in [1.165, 1.54) is 12.1 Å². The molecule has 2 rings (SSSR count). The first-order valence-electron chi connectivity index (χ1n) is 7.30. The van der Waals surface area contributed by atoms with Crippen molar-refractivity contribution < 1.29 is 42.4 Å². The number of carbonyl (C=O) groups is 2. The summed E-state index contributed by atoms with van der Waals surface area (Å²) in [4.78, 5) is 23.3. The van der Waals surface area contributed by atoms with Gasteiger partial charge in [-0.2, -0.15) is 13.2 Å².